The van der Waals surface area contributed by atoms with E-state index in [2.05, 4.69) is 27.7 Å². The summed E-state index contributed by atoms with van der Waals surface area (Å²) in [6.45, 7) is 13.5. The zero-order chi connectivity index (χ0) is 5.41. The van der Waals surface area contributed by atoms with Gasteiger partial charge in [-0.3, -0.25) is 0 Å². The molecule has 0 fully saturated rings. The molecule has 9 radical (unpaired) electrons. The topological polar surface area (TPSA) is 0 Å². The van der Waals surface area contributed by atoms with Crippen LogP contribution in [-0.4, -0.2) is 0 Å². The fraction of sp³-hybridized carbons (Fsp3) is 0.250. The first-order valence-corrected chi connectivity index (χ1v) is 2.00. The van der Waals surface area contributed by atoms with Gasteiger partial charge in [0.25, 0.3) is 0 Å². The van der Waals surface area contributed by atoms with E-state index in [0.717, 1.165) is 12.8 Å². The van der Waals surface area contributed by atoms with Crippen LogP contribution in [0.4, 0.5) is 0 Å². The summed E-state index contributed by atoms with van der Waals surface area (Å²) in [5.41, 5.74) is 0. The van der Waals surface area contributed by atoms with Crippen LogP contribution in [0, 0.1) is 42.5 Å². The van der Waals surface area contributed by atoms with Gasteiger partial charge in [0, 0.05) is 315 Å². The zero-order valence-corrected chi connectivity index (χ0v) is 40.3. The van der Waals surface area contributed by atoms with Crippen molar-refractivity contribution in [2.45, 2.75) is 12.8 Å². The van der Waals surface area contributed by atoms with Gasteiger partial charge in [0.05, 0.1) is 0 Å². The number of hydrogen-bond acceptors (Lipinski definition) is 0. The molecule has 18 heavy (non-hydrogen) atoms. The monoisotopic (exact) mass is 1100 g/mol. The molecule has 0 aliphatic heterocycles. The Morgan fingerprint density at radius 2 is 0.389 bits per heavy atom. The average Bonchev–Trinajstić information content (AvgIpc) is 1.39. The van der Waals surface area contributed by atoms with Crippen LogP contribution in [0.1, 0.15) is 12.8 Å². The quantitative estimate of drug-likeness (QED) is 0.328. The molecule has 0 aromatic heterocycles. The summed E-state index contributed by atoms with van der Waals surface area (Å²) in [7, 11) is 0. The molecule has 0 saturated heterocycles. The Morgan fingerprint density at radius 1 is 0.389 bits per heavy atom. The van der Waals surface area contributed by atoms with E-state index in [1.54, 1.807) is 0 Å². The molecule has 0 aromatic carbocycles. The smallest absolute Gasteiger partial charge is 0 e. The summed E-state index contributed by atoms with van der Waals surface area (Å²) in [6, 6.07) is 0. The van der Waals surface area contributed by atoms with Crippen molar-refractivity contribution < 1.29 is 315 Å². The van der Waals surface area contributed by atoms with Gasteiger partial charge in [-0.05, 0) is 0 Å². The average molecular weight is 1100 g/mol. The van der Waals surface area contributed by atoms with E-state index in [0.29, 0.717) is 0 Å². The third-order valence-electron chi connectivity index (χ3n) is 0. The molecule has 0 aliphatic rings. The molecule has 0 aromatic rings. The maximum absolute atomic E-state index is 3.38. The van der Waals surface area contributed by atoms with Gasteiger partial charge >= 0.3 is 0 Å². The van der Waals surface area contributed by atoms with Crippen molar-refractivity contribution in [2.24, 2.45) is 0 Å². The summed E-state index contributed by atoms with van der Waals surface area (Å²) in [5.74, 6) is 0. The second-order valence-corrected chi connectivity index (χ2v) is 0.707. The Hall–Kier alpha value is 10.6. The van der Waals surface area contributed by atoms with Crippen molar-refractivity contribution in [3.05, 3.63) is 42.5 Å². The normalized spacial score (nSPS) is 2.00. The van der Waals surface area contributed by atoms with Crippen LogP contribution in [0.25, 0.3) is 0 Å². The molecule has 0 unspecified atom stereocenters. The van der Waals surface area contributed by atoms with E-state index in [1.165, 1.54) is 0 Å². The van der Waals surface area contributed by atoms with Gasteiger partial charge in [-0.25, -0.2) is 0 Å². The van der Waals surface area contributed by atoms with E-state index in [-0.39, 0.29) is 330 Å². The maximum atomic E-state index is 3.38. The van der Waals surface area contributed by atoms with Gasteiger partial charge < -0.3 is 55.4 Å². The molecule has 0 spiro atoms. The first kappa shape index (κ1) is 102. The Balaban J connectivity index is -0.000000000889. The predicted octanol–water partition coefficient (Wildman–Crippen LogP) is 2.96. The van der Waals surface area contributed by atoms with Gasteiger partial charge in [-0.15, -0.1) is 0 Å². The van der Waals surface area contributed by atoms with Crippen molar-refractivity contribution in [2.75, 3.05) is 0 Å². The van der Waals surface area contributed by atoms with Crippen LogP contribution in [0.15, 0.2) is 0 Å². The Morgan fingerprint density at radius 3 is 0.389 bits per heavy atom. The summed E-state index contributed by atoms with van der Waals surface area (Å²) >= 11 is 0. The molecule has 0 amide bonds. The largest absolute Gasteiger partial charge is 0.372 e. The van der Waals surface area contributed by atoms with E-state index < -0.39 is 0 Å². The second kappa shape index (κ2) is 123. The van der Waals surface area contributed by atoms with E-state index in [9.17, 15) is 0 Å². The molecule has 0 atom stereocenters. The van der Waals surface area contributed by atoms with Gasteiger partial charge in [-0.1, -0.05) is 0 Å². The minimum absolute atomic E-state index is 0. The fourth-order valence-corrected chi connectivity index (χ4v) is 0. The molecule has 89 valence electrons. The minimum Gasteiger partial charge on any atom is -0.372 e. The van der Waals surface area contributed by atoms with Crippen LogP contribution in [0.3, 0.4) is 0 Å². The standard InChI is InChI=1S/2C3H6.2CH3.W.9Y/c2*1-3-2;;;;;;;;;;;;/h2*1-3H2;2*1H3;;;;;;;;;;/q2*-2;2*-1;;;;;;;;;;. The number of rotatable bonds is 0. The summed E-state index contributed by atoms with van der Waals surface area (Å²) in [5, 5.41) is 0. The molecule has 0 nitrogen and oxygen atoms in total. The van der Waals surface area contributed by atoms with Crippen LogP contribution in [-0.2, 0) is 315 Å². The zero-order valence-electron chi connectivity index (χ0n) is 11.8. The van der Waals surface area contributed by atoms with Crippen LogP contribution in [0.2, 0.25) is 0 Å². The molecule has 10 heteroatoms. The van der Waals surface area contributed by atoms with Crippen molar-refractivity contribution in [3.8, 4) is 0 Å². The third-order valence-corrected chi connectivity index (χ3v) is 0. The van der Waals surface area contributed by atoms with Gasteiger partial charge in [-0.2, -0.15) is 0 Å². The molecule has 0 saturated carbocycles. The van der Waals surface area contributed by atoms with E-state index in [1.807, 2.05) is 0 Å². The maximum Gasteiger partial charge on any atom is 0 e. The molecule has 0 N–H and O–H groups in total. The molecule has 0 rings (SSSR count). The van der Waals surface area contributed by atoms with Crippen LogP contribution < -0.4 is 0 Å². The van der Waals surface area contributed by atoms with Gasteiger partial charge in [0.15, 0.2) is 0 Å². The number of hydrogen-bond donors (Lipinski definition) is 0. The summed E-state index contributed by atoms with van der Waals surface area (Å²) < 4.78 is 0. The van der Waals surface area contributed by atoms with Crippen molar-refractivity contribution in [1.29, 1.82) is 0 Å². The predicted molar refractivity (Wildman–Crippen MR) is 43.5 cm³/mol. The first-order valence-electron chi connectivity index (χ1n) is 2.00. The van der Waals surface area contributed by atoms with Crippen LogP contribution >= 0.6 is 0 Å². The van der Waals surface area contributed by atoms with Gasteiger partial charge in [0.1, 0.15) is 0 Å². The molecule has 0 heterocycles. The summed E-state index contributed by atoms with van der Waals surface area (Å²) in [4.78, 5) is 0. The Kier molecular flexibility index (Phi) is 697. The van der Waals surface area contributed by atoms with Crippen molar-refractivity contribution in [3.63, 3.8) is 0 Å². The molecular formula is C8H18WY9-6. The Bertz CT molecular complexity index is 24.5. The molecule has 0 aliphatic carbocycles. The first-order chi connectivity index (χ1) is 2.83. The summed E-state index contributed by atoms with van der Waals surface area (Å²) in [6.07, 6.45) is 1.50. The van der Waals surface area contributed by atoms with Crippen LogP contribution in [0.5, 0.6) is 0 Å². The molecule has 0 bridgehead atoms. The third kappa shape index (κ3) is 155. The Labute approximate surface area is 359 Å². The fourth-order valence-electron chi connectivity index (χ4n) is 0. The molecular weight excluding hydrogens is 1080 g/mol. The van der Waals surface area contributed by atoms with Crippen molar-refractivity contribution in [1.82, 2.24) is 0 Å². The van der Waals surface area contributed by atoms with Gasteiger partial charge in [0.2, 0.25) is 0 Å². The van der Waals surface area contributed by atoms with Crippen molar-refractivity contribution >= 4 is 0 Å². The second-order valence-electron chi connectivity index (χ2n) is 0.707. The SMILES string of the molecule is [CH2-]C[CH2-].[CH2-]C[CH2-].[CH3-].[CH3-].[W].[Y].[Y].[Y].[Y].[Y].[Y].[Y].[Y].[Y]. The van der Waals surface area contributed by atoms with E-state index >= 15 is 0 Å². The minimum atomic E-state index is 0. The van der Waals surface area contributed by atoms with E-state index in [4.69, 9.17) is 0 Å².